The summed E-state index contributed by atoms with van der Waals surface area (Å²) in [5.74, 6) is 1.05. The van der Waals surface area contributed by atoms with Crippen LogP contribution in [0.1, 0.15) is 42.6 Å². The standard InChI is InChI=1S/C20H26F2N4/c1-25-11-10-24-18(25)14-26(17-12-20(17)6-8-23-9-7-20)13-15-2-4-16(5-3-15)19(21)22/h2-5,10-11,17,19,23H,6-9,12-14H2,1H3. The summed E-state index contributed by atoms with van der Waals surface area (Å²) in [5.41, 5.74) is 1.60. The highest BCUT2D eigenvalue weighted by Gasteiger charge is 2.56. The second-order valence-corrected chi connectivity index (χ2v) is 7.73. The summed E-state index contributed by atoms with van der Waals surface area (Å²) in [6.07, 6.45) is 5.07. The zero-order valence-corrected chi connectivity index (χ0v) is 15.2. The first-order chi connectivity index (χ1) is 12.6. The molecular weight excluding hydrogens is 334 g/mol. The number of alkyl halides is 2. The van der Waals surface area contributed by atoms with E-state index in [1.807, 2.05) is 31.6 Å². The number of aryl methyl sites for hydroxylation is 1. The van der Waals surface area contributed by atoms with E-state index in [0.717, 1.165) is 37.6 Å². The maximum atomic E-state index is 12.8. The molecule has 1 aliphatic carbocycles. The molecule has 2 fully saturated rings. The molecule has 0 bridgehead atoms. The highest BCUT2D eigenvalue weighted by Crippen LogP contribution is 2.56. The molecule has 0 radical (unpaired) electrons. The van der Waals surface area contributed by atoms with Gasteiger partial charge in [-0.15, -0.1) is 0 Å². The van der Waals surface area contributed by atoms with Gasteiger partial charge in [0.25, 0.3) is 6.43 Å². The van der Waals surface area contributed by atoms with Crippen LogP contribution in [0, 0.1) is 5.41 Å². The number of rotatable bonds is 6. The Labute approximate surface area is 153 Å². The van der Waals surface area contributed by atoms with Crippen molar-refractivity contribution in [3.05, 3.63) is 53.6 Å². The SMILES string of the molecule is Cn1ccnc1CN(Cc1ccc(C(F)F)cc1)C1CC12CCNCC2. The van der Waals surface area contributed by atoms with Gasteiger partial charge in [-0.25, -0.2) is 13.8 Å². The number of nitrogens with zero attached hydrogens (tertiary/aromatic N) is 3. The number of nitrogens with one attached hydrogen (secondary N) is 1. The van der Waals surface area contributed by atoms with Crippen molar-refractivity contribution in [2.45, 2.75) is 44.8 Å². The number of piperidine rings is 1. The molecule has 1 aromatic carbocycles. The summed E-state index contributed by atoms with van der Waals surface area (Å²) in [7, 11) is 2.02. The van der Waals surface area contributed by atoms with Crippen LogP contribution in [-0.4, -0.2) is 33.6 Å². The minimum Gasteiger partial charge on any atom is -0.337 e. The molecule has 1 saturated heterocycles. The highest BCUT2D eigenvalue weighted by molar-refractivity contribution is 5.24. The Bertz CT molecular complexity index is 735. The molecule has 0 amide bonds. The van der Waals surface area contributed by atoms with Crippen LogP contribution in [0.25, 0.3) is 0 Å². The van der Waals surface area contributed by atoms with E-state index >= 15 is 0 Å². The maximum absolute atomic E-state index is 12.8. The van der Waals surface area contributed by atoms with Gasteiger partial charge in [0.2, 0.25) is 0 Å². The molecule has 2 aromatic rings. The molecule has 140 valence electrons. The molecule has 4 rings (SSSR count). The fraction of sp³-hybridized carbons (Fsp3) is 0.550. The molecule has 6 heteroatoms. The fourth-order valence-electron chi connectivity index (χ4n) is 4.31. The van der Waals surface area contributed by atoms with Crippen LogP contribution in [0.2, 0.25) is 0 Å². The van der Waals surface area contributed by atoms with Gasteiger partial charge in [0.05, 0.1) is 6.54 Å². The van der Waals surface area contributed by atoms with E-state index in [1.165, 1.54) is 19.3 Å². The Morgan fingerprint density at radius 1 is 1.23 bits per heavy atom. The van der Waals surface area contributed by atoms with Crippen LogP contribution in [-0.2, 0) is 20.1 Å². The predicted molar refractivity (Wildman–Crippen MR) is 96.8 cm³/mol. The number of hydrogen-bond donors (Lipinski definition) is 1. The highest BCUT2D eigenvalue weighted by atomic mass is 19.3. The Kier molecular flexibility index (Phi) is 4.80. The lowest BCUT2D eigenvalue weighted by Gasteiger charge is -2.29. The van der Waals surface area contributed by atoms with Crippen LogP contribution in [0.3, 0.4) is 0 Å². The van der Waals surface area contributed by atoms with Gasteiger partial charge in [-0.05, 0) is 43.3 Å². The van der Waals surface area contributed by atoms with E-state index < -0.39 is 6.43 Å². The molecule has 1 spiro atoms. The normalized spacial score (nSPS) is 21.7. The summed E-state index contributed by atoms with van der Waals surface area (Å²) in [6.45, 7) is 3.75. The van der Waals surface area contributed by atoms with Crippen molar-refractivity contribution in [3.63, 3.8) is 0 Å². The van der Waals surface area contributed by atoms with Crippen LogP contribution >= 0.6 is 0 Å². The fourth-order valence-corrected chi connectivity index (χ4v) is 4.31. The minimum absolute atomic E-state index is 0.0886. The lowest BCUT2D eigenvalue weighted by Crippen LogP contribution is -2.36. The van der Waals surface area contributed by atoms with Gasteiger partial charge in [-0.1, -0.05) is 24.3 Å². The molecule has 2 heterocycles. The first-order valence-electron chi connectivity index (χ1n) is 9.35. The first kappa shape index (κ1) is 17.6. The molecular formula is C20H26F2N4. The van der Waals surface area contributed by atoms with Crippen molar-refractivity contribution in [1.29, 1.82) is 0 Å². The van der Waals surface area contributed by atoms with Crippen LogP contribution in [0.5, 0.6) is 0 Å². The Hall–Kier alpha value is -1.79. The van der Waals surface area contributed by atoms with Crippen molar-refractivity contribution < 1.29 is 8.78 Å². The van der Waals surface area contributed by atoms with Crippen molar-refractivity contribution in [3.8, 4) is 0 Å². The van der Waals surface area contributed by atoms with Crippen LogP contribution < -0.4 is 5.32 Å². The molecule has 1 atom stereocenters. The van der Waals surface area contributed by atoms with E-state index in [1.54, 1.807) is 12.1 Å². The van der Waals surface area contributed by atoms with Gasteiger partial charge in [-0.2, -0.15) is 0 Å². The van der Waals surface area contributed by atoms with Gasteiger partial charge >= 0.3 is 0 Å². The van der Waals surface area contributed by atoms with Gasteiger partial charge < -0.3 is 9.88 Å². The Balaban J connectivity index is 1.52. The Morgan fingerprint density at radius 2 is 1.96 bits per heavy atom. The average Bonchev–Trinajstić information content (AvgIpc) is 3.17. The van der Waals surface area contributed by atoms with Crippen molar-refractivity contribution in [2.75, 3.05) is 13.1 Å². The number of imidazole rings is 1. The largest absolute Gasteiger partial charge is 0.337 e. The van der Waals surface area contributed by atoms with Crippen molar-refractivity contribution >= 4 is 0 Å². The van der Waals surface area contributed by atoms with E-state index in [-0.39, 0.29) is 5.56 Å². The van der Waals surface area contributed by atoms with Crippen molar-refractivity contribution in [2.24, 2.45) is 12.5 Å². The molecule has 4 nitrogen and oxygen atoms in total. The van der Waals surface area contributed by atoms with Gasteiger partial charge in [0, 0.05) is 37.6 Å². The van der Waals surface area contributed by atoms with E-state index in [2.05, 4.69) is 19.8 Å². The third kappa shape index (κ3) is 3.53. The summed E-state index contributed by atoms with van der Waals surface area (Å²) >= 11 is 0. The summed E-state index contributed by atoms with van der Waals surface area (Å²) in [6, 6.07) is 7.32. The molecule has 26 heavy (non-hydrogen) atoms. The number of halogens is 2. The van der Waals surface area contributed by atoms with Crippen molar-refractivity contribution in [1.82, 2.24) is 19.8 Å². The summed E-state index contributed by atoms with van der Waals surface area (Å²) < 4.78 is 27.7. The number of hydrogen-bond acceptors (Lipinski definition) is 3. The first-order valence-corrected chi connectivity index (χ1v) is 9.35. The summed E-state index contributed by atoms with van der Waals surface area (Å²) in [4.78, 5) is 6.98. The second-order valence-electron chi connectivity index (χ2n) is 7.73. The van der Waals surface area contributed by atoms with E-state index in [0.29, 0.717) is 11.5 Å². The minimum atomic E-state index is -2.41. The van der Waals surface area contributed by atoms with Crippen LogP contribution in [0.4, 0.5) is 8.78 Å². The third-order valence-electron chi connectivity index (χ3n) is 6.07. The zero-order valence-electron chi connectivity index (χ0n) is 15.2. The molecule has 1 N–H and O–H groups in total. The zero-order chi connectivity index (χ0) is 18.1. The lowest BCUT2D eigenvalue weighted by atomic mass is 9.93. The monoisotopic (exact) mass is 360 g/mol. The summed E-state index contributed by atoms with van der Waals surface area (Å²) in [5, 5.41) is 3.46. The van der Waals surface area contributed by atoms with Crippen LogP contribution in [0.15, 0.2) is 36.7 Å². The molecule has 1 aromatic heterocycles. The number of benzene rings is 1. The maximum Gasteiger partial charge on any atom is 0.263 e. The van der Waals surface area contributed by atoms with E-state index in [4.69, 9.17) is 0 Å². The molecule has 1 saturated carbocycles. The van der Waals surface area contributed by atoms with Gasteiger partial charge in [0.1, 0.15) is 5.82 Å². The van der Waals surface area contributed by atoms with Gasteiger partial charge in [0.15, 0.2) is 0 Å². The Morgan fingerprint density at radius 3 is 2.58 bits per heavy atom. The average molecular weight is 360 g/mol. The third-order valence-corrected chi connectivity index (χ3v) is 6.07. The van der Waals surface area contributed by atoms with E-state index in [9.17, 15) is 8.78 Å². The smallest absolute Gasteiger partial charge is 0.263 e. The number of aromatic nitrogens is 2. The lowest BCUT2D eigenvalue weighted by molar-refractivity contribution is 0.151. The topological polar surface area (TPSA) is 33.1 Å². The molecule has 1 unspecified atom stereocenters. The predicted octanol–water partition coefficient (Wildman–Crippen LogP) is 3.50. The molecule has 2 aliphatic rings. The molecule has 1 aliphatic heterocycles. The van der Waals surface area contributed by atoms with Gasteiger partial charge in [-0.3, -0.25) is 4.90 Å². The quantitative estimate of drug-likeness (QED) is 0.856. The second kappa shape index (κ2) is 7.08.